The van der Waals surface area contributed by atoms with Gasteiger partial charge in [0.1, 0.15) is 0 Å². The van der Waals surface area contributed by atoms with Crippen molar-refractivity contribution in [1.29, 1.82) is 0 Å². The molecule has 0 radical (unpaired) electrons. The van der Waals surface area contributed by atoms with Gasteiger partial charge in [0.25, 0.3) is 0 Å². The molecule has 0 bridgehead atoms. The summed E-state index contributed by atoms with van der Waals surface area (Å²) in [7, 11) is 0. The number of piperazine rings is 1. The third-order valence-corrected chi connectivity index (χ3v) is 5.59. The zero-order chi connectivity index (χ0) is 19.0. The zero-order valence-corrected chi connectivity index (χ0v) is 15.9. The minimum atomic E-state index is -0.159. The monoisotopic (exact) mass is 363 g/mol. The van der Waals surface area contributed by atoms with Crippen LogP contribution in [0.5, 0.6) is 0 Å². The maximum absolute atomic E-state index is 12.8. The van der Waals surface area contributed by atoms with E-state index in [1.54, 1.807) is 24.3 Å². The zero-order valence-electron chi connectivity index (χ0n) is 15.9. The number of carbonyl (C=O) groups excluding carboxylic acids is 2. The number of nitrogens with zero attached hydrogens (tertiary/aromatic N) is 2. The second kappa shape index (κ2) is 7.25. The van der Waals surface area contributed by atoms with Crippen molar-refractivity contribution in [2.75, 3.05) is 39.3 Å². The summed E-state index contributed by atoms with van der Waals surface area (Å²) in [5.41, 5.74) is 4.21. The minimum Gasteiger partial charge on any atom is -0.348 e. The average molecular weight is 363 g/mol. The Labute approximate surface area is 160 Å². The van der Waals surface area contributed by atoms with Crippen molar-refractivity contribution in [3.05, 3.63) is 70.1 Å². The van der Waals surface area contributed by atoms with E-state index in [4.69, 9.17) is 0 Å². The predicted octanol–water partition coefficient (Wildman–Crippen LogP) is 2.39. The van der Waals surface area contributed by atoms with E-state index in [-0.39, 0.29) is 11.6 Å². The van der Waals surface area contributed by atoms with E-state index < -0.39 is 0 Å². The van der Waals surface area contributed by atoms with Crippen LogP contribution in [0.3, 0.4) is 0 Å². The SMILES string of the molecule is CC1=CC(=C2C(=O)c3ccccc3C2=O)C=C(C)N1CCN1CCNCC1. The summed E-state index contributed by atoms with van der Waals surface area (Å²) >= 11 is 0. The van der Waals surface area contributed by atoms with Gasteiger partial charge in [-0.1, -0.05) is 24.3 Å². The van der Waals surface area contributed by atoms with Crippen LogP contribution in [0.1, 0.15) is 34.6 Å². The molecule has 1 aliphatic carbocycles. The maximum atomic E-state index is 12.8. The van der Waals surface area contributed by atoms with Crippen LogP contribution in [0.25, 0.3) is 0 Å². The molecule has 2 heterocycles. The molecule has 5 heteroatoms. The highest BCUT2D eigenvalue weighted by molar-refractivity contribution is 6.40. The Morgan fingerprint density at radius 2 is 1.44 bits per heavy atom. The van der Waals surface area contributed by atoms with Gasteiger partial charge in [-0.2, -0.15) is 0 Å². The van der Waals surface area contributed by atoms with Crippen LogP contribution in [0, 0.1) is 0 Å². The van der Waals surface area contributed by atoms with Crippen molar-refractivity contribution in [1.82, 2.24) is 15.1 Å². The maximum Gasteiger partial charge on any atom is 0.198 e. The van der Waals surface area contributed by atoms with Gasteiger partial charge < -0.3 is 10.2 Å². The van der Waals surface area contributed by atoms with Crippen LogP contribution >= 0.6 is 0 Å². The summed E-state index contributed by atoms with van der Waals surface area (Å²) in [6.07, 6.45) is 3.95. The lowest BCUT2D eigenvalue weighted by Gasteiger charge is -2.34. The van der Waals surface area contributed by atoms with Crippen molar-refractivity contribution in [2.24, 2.45) is 0 Å². The third kappa shape index (κ3) is 3.29. The molecule has 1 N–H and O–H groups in total. The van der Waals surface area contributed by atoms with Crippen molar-refractivity contribution in [2.45, 2.75) is 13.8 Å². The Morgan fingerprint density at radius 1 is 0.889 bits per heavy atom. The van der Waals surface area contributed by atoms with Gasteiger partial charge in [-0.15, -0.1) is 0 Å². The summed E-state index contributed by atoms with van der Waals surface area (Å²) in [4.78, 5) is 30.3. The van der Waals surface area contributed by atoms with E-state index in [9.17, 15) is 9.59 Å². The number of hydrogen-bond acceptors (Lipinski definition) is 5. The third-order valence-electron chi connectivity index (χ3n) is 5.59. The number of rotatable bonds is 3. The standard InChI is InChI=1S/C22H25N3O2/c1-15-13-17(20-21(26)18-5-3-4-6-19(18)22(20)27)14-16(2)25(15)12-11-24-9-7-23-8-10-24/h3-6,13-14,23H,7-12H2,1-2H3. The van der Waals surface area contributed by atoms with Crippen LogP contribution < -0.4 is 5.32 Å². The molecule has 27 heavy (non-hydrogen) atoms. The molecule has 0 unspecified atom stereocenters. The molecular formula is C22H25N3O2. The molecule has 140 valence electrons. The molecule has 1 saturated heterocycles. The average Bonchev–Trinajstić information content (AvgIpc) is 2.93. The molecule has 0 saturated carbocycles. The van der Waals surface area contributed by atoms with E-state index in [0.29, 0.717) is 16.7 Å². The Balaban J connectivity index is 1.57. The largest absolute Gasteiger partial charge is 0.348 e. The van der Waals surface area contributed by atoms with Gasteiger partial charge in [-0.3, -0.25) is 14.5 Å². The second-order valence-electron chi connectivity index (χ2n) is 7.35. The number of Topliss-reactive ketones (excluding diaryl/α,β-unsaturated/α-hetero) is 2. The lowest BCUT2D eigenvalue weighted by Crippen LogP contribution is -2.46. The Hall–Kier alpha value is -2.50. The van der Waals surface area contributed by atoms with E-state index >= 15 is 0 Å². The van der Waals surface area contributed by atoms with Gasteiger partial charge in [0, 0.05) is 61.8 Å². The van der Waals surface area contributed by atoms with Crippen LogP contribution in [-0.2, 0) is 0 Å². The van der Waals surface area contributed by atoms with Crippen LogP contribution in [0.2, 0.25) is 0 Å². The number of carbonyl (C=O) groups is 2. The number of fused-ring (bicyclic) bond motifs is 1. The van der Waals surface area contributed by atoms with E-state index in [1.165, 1.54) is 0 Å². The Bertz CT molecular complexity index is 830. The van der Waals surface area contributed by atoms with Crippen molar-refractivity contribution >= 4 is 11.6 Å². The molecule has 3 aliphatic rings. The molecule has 0 atom stereocenters. The second-order valence-corrected chi connectivity index (χ2v) is 7.35. The molecule has 1 aromatic carbocycles. The fourth-order valence-electron chi connectivity index (χ4n) is 4.11. The summed E-state index contributed by atoms with van der Waals surface area (Å²) in [6, 6.07) is 7.08. The number of benzene rings is 1. The summed E-state index contributed by atoms with van der Waals surface area (Å²) in [5.74, 6) is -0.319. The van der Waals surface area contributed by atoms with Crippen molar-refractivity contribution < 1.29 is 9.59 Å². The van der Waals surface area contributed by atoms with Gasteiger partial charge in [-0.25, -0.2) is 0 Å². The van der Waals surface area contributed by atoms with Crippen LogP contribution in [0.15, 0.2) is 59.0 Å². The van der Waals surface area contributed by atoms with Gasteiger partial charge >= 0.3 is 0 Å². The number of ketones is 2. The van der Waals surface area contributed by atoms with Crippen LogP contribution in [0.4, 0.5) is 0 Å². The lowest BCUT2D eigenvalue weighted by atomic mass is 9.98. The molecule has 4 rings (SSSR count). The fraction of sp³-hybridized carbons (Fsp3) is 0.364. The summed E-state index contributed by atoms with van der Waals surface area (Å²) < 4.78 is 0. The molecule has 5 nitrogen and oxygen atoms in total. The highest BCUT2D eigenvalue weighted by Crippen LogP contribution is 2.32. The van der Waals surface area contributed by atoms with E-state index in [0.717, 1.165) is 56.2 Å². The molecule has 1 aromatic rings. The first-order chi connectivity index (χ1) is 13.1. The lowest BCUT2D eigenvalue weighted by molar-refractivity contribution is 0.0988. The summed E-state index contributed by atoms with van der Waals surface area (Å²) in [5, 5.41) is 3.38. The Kier molecular flexibility index (Phi) is 4.81. The molecule has 0 spiro atoms. The molecule has 0 aromatic heterocycles. The highest BCUT2D eigenvalue weighted by Gasteiger charge is 2.35. The first-order valence-electron chi connectivity index (χ1n) is 9.56. The Morgan fingerprint density at radius 3 is 2.00 bits per heavy atom. The number of nitrogens with one attached hydrogen (secondary N) is 1. The number of hydrogen-bond donors (Lipinski definition) is 1. The topological polar surface area (TPSA) is 52.7 Å². The number of allylic oxidation sites excluding steroid dienone is 6. The van der Waals surface area contributed by atoms with Gasteiger partial charge in [0.05, 0.1) is 5.57 Å². The smallest absolute Gasteiger partial charge is 0.198 e. The fourth-order valence-corrected chi connectivity index (χ4v) is 4.11. The molecule has 2 aliphatic heterocycles. The van der Waals surface area contributed by atoms with Crippen molar-refractivity contribution in [3.8, 4) is 0 Å². The molecule has 0 amide bonds. The van der Waals surface area contributed by atoms with Gasteiger partial charge in [-0.05, 0) is 31.6 Å². The predicted molar refractivity (Wildman–Crippen MR) is 106 cm³/mol. The molecular weight excluding hydrogens is 338 g/mol. The van der Waals surface area contributed by atoms with E-state index in [2.05, 4.69) is 15.1 Å². The van der Waals surface area contributed by atoms with Crippen LogP contribution in [-0.4, -0.2) is 60.6 Å². The quantitative estimate of drug-likeness (QED) is 0.660. The normalized spacial score (nSPS) is 20.7. The van der Waals surface area contributed by atoms with E-state index in [1.807, 2.05) is 26.0 Å². The highest BCUT2D eigenvalue weighted by atomic mass is 16.2. The first kappa shape index (κ1) is 17.9. The van der Waals surface area contributed by atoms with Gasteiger partial charge in [0.2, 0.25) is 0 Å². The van der Waals surface area contributed by atoms with Gasteiger partial charge in [0.15, 0.2) is 11.6 Å². The first-order valence-corrected chi connectivity index (χ1v) is 9.56. The summed E-state index contributed by atoms with van der Waals surface area (Å²) in [6.45, 7) is 10.3. The molecule has 1 fully saturated rings. The minimum absolute atomic E-state index is 0.159. The van der Waals surface area contributed by atoms with Crippen molar-refractivity contribution in [3.63, 3.8) is 0 Å².